The molecule has 0 radical (unpaired) electrons. The fourth-order valence-electron chi connectivity index (χ4n) is 1.84. The lowest BCUT2D eigenvalue weighted by molar-refractivity contribution is 0.453. The van der Waals surface area contributed by atoms with E-state index in [-0.39, 0.29) is 24.8 Å². The van der Waals surface area contributed by atoms with Crippen molar-refractivity contribution in [3.63, 3.8) is 0 Å². The first kappa shape index (κ1) is 14.7. The van der Waals surface area contributed by atoms with E-state index < -0.39 is 0 Å². The Morgan fingerprint density at radius 1 is 1.20 bits per heavy atom. The van der Waals surface area contributed by atoms with Crippen molar-refractivity contribution in [3.8, 4) is 0 Å². The van der Waals surface area contributed by atoms with Crippen molar-refractivity contribution >= 4 is 24.8 Å². The Kier molecular flexibility index (Phi) is 6.90. The third-order valence-electron chi connectivity index (χ3n) is 2.69. The van der Waals surface area contributed by atoms with E-state index in [1.54, 1.807) is 0 Å². The number of nitrogens with one attached hydrogen (secondary N) is 1. The normalized spacial score (nSPS) is 16.3. The van der Waals surface area contributed by atoms with Crippen LogP contribution in [0, 0.1) is 6.92 Å². The molecule has 1 N–H and O–H groups in total. The minimum atomic E-state index is 0. The maximum atomic E-state index is 4.47. The predicted molar refractivity (Wildman–Crippen MR) is 68.3 cm³/mol. The molecule has 0 amide bonds. The van der Waals surface area contributed by atoms with Crippen LogP contribution in [0.4, 0.5) is 0 Å². The summed E-state index contributed by atoms with van der Waals surface area (Å²) in [5, 5.41) is 3.37. The van der Waals surface area contributed by atoms with Gasteiger partial charge in [0.25, 0.3) is 0 Å². The molecule has 86 valence electrons. The number of aromatic nitrogens is 1. The summed E-state index contributed by atoms with van der Waals surface area (Å²) in [5.74, 6) is 0.682. The lowest BCUT2D eigenvalue weighted by atomic mass is 9.94. The second-order valence-corrected chi connectivity index (χ2v) is 3.78. The van der Waals surface area contributed by atoms with E-state index in [1.807, 2.05) is 6.20 Å². The zero-order valence-corrected chi connectivity index (χ0v) is 10.5. The van der Waals surface area contributed by atoms with Gasteiger partial charge in [-0.05, 0) is 44.5 Å². The van der Waals surface area contributed by atoms with Crippen molar-refractivity contribution in [1.29, 1.82) is 0 Å². The summed E-state index contributed by atoms with van der Waals surface area (Å²) < 4.78 is 0. The molecule has 15 heavy (non-hydrogen) atoms. The summed E-state index contributed by atoms with van der Waals surface area (Å²) in [6.45, 7) is 4.36. The van der Waals surface area contributed by atoms with E-state index in [0.29, 0.717) is 5.92 Å². The third kappa shape index (κ3) is 3.98. The average Bonchev–Trinajstić information content (AvgIpc) is 2.20. The van der Waals surface area contributed by atoms with Crippen LogP contribution in [0.1, 0.15) is 30.0 Å². The van der Waals surface area contributed by atoms with Gasteiger partial charge in [-0.15, -0.1) is 24.8 Å². The average molecular weight is 249 g/mol. The fourth-order valence-corrected chi connectivity index (χ4v) is 1.84. The maximum absolute atomic E-state index is 4.47. The molecule has 0 unspecified atom stereocenters. The quantitative estimate of drug-likeness (QED) is 0.827. The van der Waals surface area contributed by atoms with E-state index in [1.165, 1.54) is 24.1 Å². The van der Waals surface area contributed by atoms with Gasteiger partial charge >= 0.3 is 0 Å². The van der Waals surface area contributed by atoms with Crippen LogP contribution in [0.15, 0.2) is 18.3 Å². The largest absolute Gasteiger partial charge is 0.317 e. The zero-order chi connectivity index (χ0) is 9.10. The molecule has 1 aliphatic heterocycles. The first-order valence-electron chi connectivity index (χ1n) is 4.99. The van der Waals surface area contributed by atoms with Crippen molar-refractivity contribution in [1.82, 2.24) is 10.3 Å². The molecule has 1 saturated heterocycles. The van der Waals surface area contributed by atoms with Crippen LogP contribution >= 0.6 is 24.8 Å². The molecule has 0 aliphatic carbocycles. The number of hydrogen-bond acceptors (Lipinski definition) is 2. The van der Waals surface area contributed by atoms with E-state index in [2.05, 4.69) is 29.4 Å². The van der Waals surface area contributed by atoms with Gasteiger partial charge in [0.1, 0.15) is 0 Å². The Balaban J connectivity index is 0.000000980. The molecule has 0 bridgehead atoms. The summed E-state index contributed by atoms with van der Waals surface area (Å²) in [4.78, 5) is 4.47. The standard InChI is InChI=1S/C11H16N2.2ClH/c1-9-2-3-11(13-8-9)10-4-6-12-7-5-10;;/h2-3,8,10,12H,4-7H2,1H3;2*1H. The van der Waals surface area contributed by atoms with Crippen molar-refractivity contribution in [2.24, 2.45) is 0 Å². The zero-order valence-electron chi connectivity index (χ0n) is 8.90. The van der Waals surface area contributed by atoms with Crippen molar-refractivity contribution < 1.29 is 0 Å². The molecule has 4 heteroatoms. The highest BCUT2D eigenvalue weighted by atomic mass is 35.5. The minimum Gasteiger partial charge on any atom is -0.317 e. The smallest absolute Gasteiger partial charge is 0.0435 e. The van der Waals surface area contributed by atoms with Crippen LogP contribution in [-0.2, 0) is 0 Å². The van der Waals surface area contributed by atoms with Crippen molar-refractivity contribution in [2.75, 3.05) is 13.1 Å². The Labute approximate surface area is 104 Å². The third-order valence-corrected chi connectivity index (χ3v) is 2.69. The fraction of sp³-hybridized carbons (Fsp3) is 0.545. The van der Waals surface area contributed by atoms with E-state index >= 15 is 0 Å². The van der Waals surface area contributed by atoms with Gasteiger partial charge in [-0.3, -0.25) is 4.98 Å². The van der Waals surface area contributed by atoms with Crippen molar-refractivity contribution in [2.45, 2.75) is 25.7 Å². The molecular weight excluding hydrogens is 231 g/mol. The van der Waals surface area contributed by atoms with Crippen LogP contribution in [0.3, 0.4) is 0 Å². The molecule has 1 aromatic rings. The van der Waals surface area contributed by atoms with Crippen LogP contribution in [0.2, 0.25) is 0 Å². The summed E-state index contributed by atoms with van der Waals surface area (Å²) in [7, 11) is 0. The second kappa shape index (κ2) is 7.04. The van der Waals surface area contributed by atoms with Crippen LogP contribution in [0.25, 0.3) is 0 Å². The number of aryl methyl sites for hydroxylation is 1. The lowest BCUT2D eigenvalue weighted by Crippen LogP contribution is -2.26. The Bertz CT molecular complexity index is 268. The molecule has 2 rings (SSSR count). The van der Waals surface area contributed by atoms with Crippen LogP contribution < -0.4 is 5.32 Å². The number of rotatable bonds is 1. The summed E-state index contributed by atoms with van der Waals surface area (Å²) in [6, 6.07) is 4.33. The number of pyridine rings is 1. The topological polar surface area (TPSA) is 24.9 Å². The molecule has 1 aromatic heterocycles. The summed E-state index contributed by atoms with van der Waals surface area (Å²) in [5.41, 5.74) is 2.52. The van der Waals surface area contributed by atoms with E-state index in [4.69, 9.17) is 0 Å². The van der Waals surface area contributed by atoms with Gasteiger partial charge in [-0.2, -0.15) is 0 Å². The number of hydrogen-bond donors (Lipinski definition) is 1. The highest BCUT2D eigenvalue weighted by Crippen LogP contribution is 2.22. The van der Waals surface area contributed by atoms with Gasteiger partial charge in [0.05, 0.1) is 0 Å². The highest BCUT2D eigenvalue weighted by Gasteiger charge is 2.15. The molecule has 0 atom stereocenters. The SMILES string of the molecule is Cc1ccc(C2CCNCC2)nc1.Cl.Cl. The lowest BCUT2D eigenvalue weighted by Gasteiger charge is -2.21. The van der Waals surface area contributed by atoms with E-state index in [0.717, 1.165) is 13.1 Å². The van der Waals surface area contributed by atoms with Gasteiger partial charge in [0.15, 0.2) is 0 Å². The number of halogens is 2. The Morgan fingerprint density at radius 3 is 2.40 bits per heavy atom. The molecular formula is C11H18Cl2N2. The highest BCUT2D eigenvalue weighted by molar-refractivity contribution is 5.85. The first-order chi connectivity index (χ1) is 6.36. The van der Waals surface area contributed by atoms with Gasteiger partial charge in [-0.25, -0.2) is 0 Å². The first-order valence-corrected chi connectivity index (χ1v) is 4.99. The second-order valence-electron chi connectivity index (χ2n) is 3.78. The molecule has 2 nitrogen and oxygen atoms in total. The Morgan fingerprint density at radius 2 is 1.87 bits per heavy atom. The monoisotopic (exact) mass is 248 g/mol. The number of piperidine rings is 1. The van der Waals surface area contributed by atoms with Gasteiger partial charge < -0.3 is 5.32 Å². The van der Waals surface area contributed by atoms with Crippen molar-refractivity contribution in [3.05, 3.63) is 29.6 Å². The van der Waals surface area contributed by atoms with E-state index in [9.17, 15) is 0 Å². The molecule has 1 fully saturated rings. The molecule has 0 spiro atoms. The minimum absolute atomic E-state index is 0. The molecule has 0 saturated carbocycles. The maximum Gasteiger partial charge on any atom is 0.0435 e. The summed E-state index contributed by atoms with van der Waals surface area (Å²) >= 11 is 0. The van der Waals surface area contributed by atoms with Crippen LogP contribution in [-0.4, -0.2) is 18.1 Å². The Hall–Kier alpha value is -0.310. The predicted octanol–water partition coefficient (Wildman–Crippen LogP) is 2.70. The molecule has 2 heterocycles. The molecule has 0 aromatic carbocycles. The van der Waals surface area contributed by atoms with Crippen LogP contribution in [0.5, 0.6) is 0 Å². The van der Waals surface area contributed by atoms with Gasteiger partial charge in [-0.1, -0.05) is 6.07 Å². The number of nitrogens with zero attached hydrogens (tertiary/aromatic N) is 1. The van der Waals surface area contributed by atoms with Gasteiger partial charge in [0.2, 0.25) is 0 Å². The van der Waals surface area contributed by atoms with Gasteiger partial charge in [0, 0.05) is 17.8 Å². The summed E-state index contributed by atoms with van der Waals surface area (Å²) in [6.07, 6.45) is 4.43. The molecule has 1 aliphatic rings.